The van der Waals surface area contributed by atoms with Gasteiger partial charge in [-0.2, -0.15) is 11.3 Å². The Hall–Kier alpha value is -0.800. The fraction of sp³-hybridized carbons (Fsp3) is 0.222. The van der Waals surface area contributed by atoms with Crippen LogP contribution < -0.4 is 5.32 Å². The molecule has 0 aliphatic heterocycles. The number of hydrogen-bond donors (Lipinski definition) is 1. The lowest BCUT2D eigenvalue weighted by molar-refractivity contribution is 0.0958. The number of carbonyl (C=O) groups is 1. The van der Waals surface area contributed by atoms with Crippen LogP contribution in [0.25, 0.3) is 0 Å². The molecule has 0 unspecified atom stereocenters. The topological polar surface area (TPSA) is 29.1 Å². The molecule has 0 aliphatic rings. The van der Waals surface area contributed by atoms with E-state index in [9.17, 15) is 4.79 Å². The highest BCUT2D eigenvalue weighted by Crippen LogP contribution is 2.04. The van der Waals surface area contributed by atoms with Gasteiger partial charge in [-0.05, 0) is 11.4 Å². The van der Waals surface area contributed by atoms with Crippen LogP contribution >= 0.6 is 22.9 Å². The van der Waals surface area contributed by atoms with E-state index in [4.69, 9.17) is 11.6 Å². The smallest absolute Gasteiger partial charge is 0.252 e. The van der Waals surface area contributed by atoms with Gasteiger partial charge in [-0.1, -0.05) is 12.2 Å². The fourth-order valence-electron chi connectivity index (χ4n) is 0.794. The van der Waals surface area contributed by atoms with Crippen LogP contribution in [0, 0.1) is 0 Å². The molecule has 4 heteroatoms. The van der Waals surface area contributed by atoms with E-state index in [1.54, 1.807) is 12.1 Å². The van der Waals surface area contributed by atoms with Gasteiger partial charge in [0.25, 0.3) is 5.91 Å². The summed E-state index contributed by atoms with van der Waals surface area (Å²) in [5.41, 5.74) is 0.712. The molecule has 13 heavy (non-hydrogen) atoms. The van der Waals surface area contributed by atoms with Gasteiger partial charge < -0.3 is 5.32 Å². The third-order valence-corrected chi connectivity index (χ3v) is 2.28. The molecule has 0 radical (unpaired) electrons. The number of hydrogen-bond acceptors (Lipinski definition) is 2. The van der Waals surface area contributed by atoms with Gasteiger partial charge in [0.05, 0.1) is 0 Å². The Labute approximate surface area is 86.2 Å². The highest BCUT2D eigenvalue weighted by molar-refractivity contribution is 7.08. The number of alkyl halides is 1. The van der Waals surface area contributed by atoms with Crippen LogP contribution in [0.2, 0.25) is 0 Å². The van der Waals surface area contributed by atoms with Crippen molar-refractivity contribution in [3.63, 3.8) is 0 Å². The van der Waals surface area contributed by atoms with E-state index in [-0.39, 0.29) is 5.91 Å². The molecule has 0 spiro atoms. The van der Waals surface area contributed by atoms with Gasteiger partial charge in [-0.3, -0.25) is 4.79 Å². The van der Waals surface area contributed by atoms with Gasteiger partial charge >= 0.3 is 0 Å². The highest BCUT2D eigenvalue weighted by Gasteiger charge is 2.02. The molecule has 0 atom stereocenters. The van der Waals surface area contributed by atoms with Crippen molar-refractivity contribution in [2.45, 2.75) is 0 Å². The molecule has 1 amide bonds. The molecule has 70 valence electrons. The zero-order valence-corrected chi connectivity index (χ0v) is 8.57. The maximum atomic E-state index is 11.3. The third-order valence-electron chi connectivity index (χ3n) is 1.42. The van der Waals surface area contributed by atoms with E-state index >= 15 is 0 Å². The first-order valence-electron chi connectivity index (χ1n) is 3.86. The Bertz CT molecular complexity index is 282. The minimum absolute atomic E-state index is 0.0412. The second-order valence-corrected chi connectivity index (χ2v) is 3.44. The van der Waals surface area contributed by atoms with Crippen LogP contribution in [-0.2, 0) is 0 Å². The molecule has 0 aliphatic carbocycles. The van der Waals surface area contributed by atoms with Crippen molar-refractivity contribution in [1.82, 2.24) is 5.32 Å². The van der Waals surface area contributed by atoms with Crippen molar-refractivity contribution in [2.24, 2.45) is 0 Å². The van der Waals surface area contributed by atoms with Crippen molar-refractivity contribution in [2.75, 3.05) is 12.4 Å². The summed E-state index contributed by atoms with van der Waals surface area (Å²) in [7, 11) is 0. The number of amides is 1. The van der Waals surface area contributed by atoms with Crippen molar-refractivity contribution in [3.8, 4) is 0 Å². The normalized spacial score (nSPS) is 10.5. The molecular formula is C9H10ClNOS. The van der Waals surface area contributed by atoms with E-state index in [0.717, 1.165) is 0 Å². The first-order valence-corrected chi connectivity index (χ1v) is 5.33. The van der Waals surface area contributed by atoms with Crippen LogP contribution in [0.5, 0.6) is 0 Å². The summed E-state index contributed by atoms with van der Waals surface area (Å²) in [6.45, 7) is 0.529. The fourth-order valence-corrected chi connectivity index (χ4v) is 1.56. The number of carbonyl (C=O) groups excluding carboxylic acids is 1. The van der Waals surface area contributed by atoms with E-state index in [1.807, 2.05) is 16.8 Å². The summed E-state index contributed by atoms with van der Waals surface area (Å²) in [4.78, 5) is 11.3. The van der Waals surface area contributed by atoms with Gasteiger partial charge in [0.1, 0.15) is 0 Å². The molecule has 0 bridgehead atoms. The Morgan fingerprint density at radius 3 is 3.08 bits per heavy atom. The van der Waals surface area contributed by atoms with Crippen molar-refractivity contribution >= 4 is 28.8 Å². The van der Waals surface area contributed by atoms with Gasteiger partial charge in [0, 0.05) is 23.4 Å². The number of thiophene rings is 1. The lowest BCUT2D eigenvalue weighted by Crippen LogP contribution is -2.22. The second-order valence-electron chi connectivity index (χ2n) is 2.35. The van der Waals surface area contributed by atoms with E-state index in [1.165, 1.54) is 11.3 Å². The summed E-state index contributed by atoms with van der Waals surface area (Å²) < 4.78 is 0. The van der Waals surface area contributed by atoms with E-state index in [2.05, 4.69) is 5.32 Å². The largest absolute Gasteiger partial charge is 0.349 e. The second kappa shape index (κ2) is 5.78. The Balaban J connectivity index is 2.31. The number of nitrogens with one attached hydrogen (secondary N) is 1. The summed E-state index contributed by atoms with van der Waals surface area (Å²) in [6, 6.07) is 1.80. The Morgan fingerprint density at radius 2 is 2.46 bits per heavy atom. The molecule has 0 aromatic carbocycles. The predicted octanol–water partition coefficient (Wildman–Crippen LogP) is 2.27. The van der Waals surface area contributed by atoms with Gasteiger partial charge in [0.2, 0.25) is 0 Å². The number of halogens is 1. The SMILES string of the molecule is O=C(NC/C=C/CCl)c1ccsc1. The standard InChI is InChI=1S/C9H10ClNOS/c10-4-1-2-5-11-9(12)8-3-6-13-7-8/h1-3,6-7H,4-5H2,(H,11,12)/b2-1+. The summed E-state index contributed by atoms with van der Waals surface area (Å²) in [5, 5.41) is 6.44. The van der Waals surface area contributed by atoms with Crippen LogP contribution in [0.3, 0.4) is 0 Å². The Morgan fingerprint density at radius 1 is 1.62 bits per heavy atom. The monoisotopic (exact) mass is 215 g/mol. The molecule has 1 aromatic rings. The Kier molecular flexibility index (Phi) is 4.57. The predicted molar refractivity (Wildman–Crippen MR) is 56.5 cm³/mol. The third kappa shape index (κ3) is 3.61. The molecule has 0 saturated heterocycles. The lowest BCUT2D eigenvalue weighted by Gasteiger charge is -1.97. The van der Waals surface area contributed by atoms with E-state index in [0.29, 0.717) is 18.0 Å². The first kappa shape index (κ1) is 10.3. The van der Waals surface area contributed by atoms with Crippen molar-refractivity contribution < 1.29 is 4.79 Å². The van der Waals surface area contributed by atoms with Crippen LogP contribution in [0.15, 0.2) is 29.0 Å². The maximum Gasteiger partial charge on any atom is 0.252 e. The average Bonchev–Trinajstić information content (AvgIpc) is 2.65. The number of rotatable bonds is 4. The maximum absolute atomic E-state index is 11.3. The van der Waals surface area contributed by atoms with Gasteiger partial charge in [0.15, 0.2) is 0 Å². The van der Waals surface area contributed by atoms with Crippen molar-refractivity contribution in [3.05, 3.63) is 34.5 Å². The molecule has 0 saturated carbocycles. The molecule has 2 nitrogen and oxygen atoms in total. The van der Waals surface area contributed by atoms with Gasteiger partial charge in [-0.15, -0.1) is 11.6 Å². The van der Waals surface area contributed by atoms with E-state index < -0.39 is 0 Å². The van der Waals surface area contributed by atoms with Gasteiger partial charge in [-0.25, -0.2) is 0 Å². The zero-order chi connectivity index (χ0) is 9.52. The minimum Gasteiger partial charge on any atom is -0.349 e. The molecule has 1 aromatic heterocycles. The quantitative estimate of drug-likeness (QED) is 0.606. The molecule has 1 heterocycles. The minimum atomic E-state index is -0.0412. The summed E-state index contributed by atoms with van der Waals surface area (Å²) in [6.07, 6.45) is 3.63. The van der Waals surface area contributed by atoms with Crippen LogP contribution in [0.4, 0.5) is 0 Å². The zero-order valence-electron chi connectivity index (χ0n) is 7.00. The molecule has 1 rings (SSSR count). The summed E-state index contributed by atoms with van der Waals surface area (Å²) in [5.74, 6) is 0.439. The summed E-state index contributed by atoms with van der Waals surface area (Å²) >= 11 is 6.93. The first-order chi connectivity index (χ1) is 6.34. The van der Waals surface area contributed by atoms with Crippen molar-refractivity contribution in [1.29, 1.82) is 0 Å². The molecule has 0 fully saturated rings. The molecule has 1 N–H and O–H groups in total. The van der Waals surface area contributed by atoms with Crippen LogP contribution in [0.1, 0.15) is 10.4 Å². The average molecular weight is 216 g/mol. The highest BCUT2D eigenvalue weighted by atomic mass is 35.5. The molecular weight excluding hydrogens is 206 g/mol. The lowest BCUT2D eigenvalue weighted by atomic mass is 10.3. The number of allylic oxidation sites excluding steroid dienone is 1. The van der Waals surface area contributed by atoms with Crippen LogP contribution in [-0.4, -0.2) is 18.3 Å².